The van der Waals surface area contributed by atoms with Gasteiger partial charge in [-0.2, -0.15) is 0 Å². The summed E-state index contributed by atoms with van der Waals surface area (Å²) in [5, 5.41) is 9.11. The van der Waals surface area contributed by atoms with Gasteiger partial charge in [0.2, 0.25) is 11.8 Å². The number of hydrogen-bond donors (Lipinski definition) is 0. The molecule has 1 saturated heterocycles. The smallest absolute Gasteiger partial charge is 0.233 e. The van der Waals surface area contributed by atoms with Gasteiger partial charge in [0.1, 0.15) is 0 Å². The average molecular weight is 349 g/mol. The standard InChI is InChI=1S/C18H25ClN4O/c1-4-17-20-21-18(24-17)14(3)23-11-9-22(10-12-23)13(2)15-7-5-6-8-16(15)19/h5-8,13-14H,4,9-12H2,1-3H3/t13-,14-/m0/s1. The molecular weight excluding hydrogens is 324 g/mol. The molecule has 1 aliphatic heterocycles. The molecule has 1 aromatic heterocycles. The predicted octanol–water partition coefficient (Wildman–Crippen LogP) is 3.73. The summed E-state index contributed by atoms with van der Waals surface area (Å²) in [5.41, 5.74) is 1.20. The molecule has 1 fully saturated rings. The number of aryl methyl sites for hydroxylation is 1. The van der Waals surface area contributed by atoms with Crippen molar-refractivity contribution in [1.29, 1.82) is 0 Å². The Hall–Kier alpha value is -1.43. The van der Waals surface area contributed by atoms with Gasteiger partial charge in [0.15, 0.2) is 0 Å². The van der Waals surface area contributed by atoms with Crippen LogP contribution in [0.1, 0.15) is 50.2 Å². The molecule has 2 heterocycles. The minimum atomic E-state index is 0.163. The molecule has 3 rings (SSSR count). The largest absolute Gasteiger partial charge is 0.424 e. The van der Waals surface area contributed by atoms with Gasteiger partial charge in [0.25, 0.3) is 0 Å². The fourth-order valence-corrected chi connectivity index (χ4v) is 3.55. The lowest BCUT2D eigenvalue weighted by atomic mass is 10.1. The zero-order valence-corrected chi connectivity index (χ0v) is 15.3. The van der Waals surface area contributed by atoms with Crippen LogP contribution in [0.2, 0.25) is 5.02 Å². The Morgan fingerprint density at radius 2 is 1.67 bits per heavy atom. The van der Waals surface area contributed by atoms with E-state index in [0.29, 0.717) is 11.9 Å². The van der Waals surface area contributed by atoms with Crippen molar-refractivity contribution < 1.29 is 4.42 Å². The number of nitrogens with zero attached hydrogens (tertiary/aromatic N) is 4. The maximum atomic E-state index is 6.35. The lowest BCUT2D eigenvalue weighted by molar-refractivity contribution is 0.0696. The van der Waals surface area contributed by atoms with E-state index in [9.17, 15) is 0 Å². The topological polar surface area (TPSA) is 45.4 Å². The van der Waals surface area contributed by atoms with E-state index in [-0.39, 0.29) is 6.04 Å². The van der Waals surface area contributed by atoms with Gasteiger partial charge in [0, 0.05) is 43.7 Å². The molecule has 0 amide bonds. The van der Waals surface area contributed by atoms with Crippen molar-refractivity contribution in [2.24, 2.45) is 0 Å². The number of aromatic nitrogens is 2. The van der Waals surface area contributed by atoms with Gasteiger partial charge in [-0.1, -0.05) is 36.7 Å². The summed E-state index contributed by atoms with van der Waals surface area (Å²) in [7, 11) is 0. The number of piperazine rings is 1. The summed E-state index contributed by atoms with van der Waals surface area (Å²) < 4.78 is 5.71. The predicted molar refractivity (Wildman–Crippen MR) is 95.1 cm³/mol. The second kappa shape index (κ2) is 7.64. The van der Waals surface area contributed by atoms with Crippen molar-refractivity contribution in [3.63, 3.8) is 0 Å². The molecule has 6 heteroatoms. The molecule has 130 valence electrons. The van der Waals surface area contributed by atoms with E-state index in [4.69, 9.17) is 16.0 Å². The molecule has 0 radical (unpaired) electrons. The number of rotatable bonds is 5. The number of benzene rings is 1. The third-order valence-electron chi connectivity index (χ3n) is 4.94. The summed E-state index contributed by atoms with van der Waals surface area (Å²) >= 11 is 6.35. The highest BCUT2D eigenvalue weighted by atomic mass is 35.5. The normalized spacial score (nSPS) is 19.3. The maximum Gasteiger partial charge on any atom is 0.233 e. The van der Waals surface area contributed by atoms with Gasteiger partial charge in [-0.05, 0) is 25.5 Å². The third kappa shape index (κ3) is 3.63. The first-order chi connectivity index (χ1) is 11.6. The Kier molecular flexibility index (Phi) is 5.54. The molecule has 0 aliphatic carbocycles. The van der Waals surface area contributed by atoms with Crippen molar-refractivity contribution >= 4 is 11.6 Å². The molecule has 0 saturated carbocycles. The summed E-state index contributed by atoms with van der Waals surface area (Å²) in [6.45, 7) is 10.4. The minimum absolute atomic E-state index is 0.163. The lowest BCUT2D eigenvalue weighted by Crippen LogP contribution is -2.47. The second-order valence-corrected chi connectivity index (χ2v) is 6.74. The van der Waals surface area contributed by atoms with Gasteiger partial charge in [-0.15, -0.1) is 10.2 Å². The second-order valence-electron chi connectivity index (χ2n) is 6.33. The first-order valence-electron chi connectivity index (χ1n) is 8.65. The van der Waals surface area contributed by atoms with Crippen molar-refractivity contribution in [2.45, 2.75) is 39.3 Å². The molecule has 0 spiro atoms. The van der Waals surface area contributed by atoms with E-state index < -0.39 is 0 Å². The average Bonchev–Trinajstić information content (AvgIpc) is 3.10. The maximum absolute atomic E-state index is 6.35. The quantitative estimate of drug-likeness (QED) is 0.824. The van der Waals surface area contributed by atoms with Crippen LogP contribution in [0.15, 0.2) is 28.7 Å². The van der Waals surface area contributed by atoms with E-state index in [2.05, 4.69) is 46.0 Å². The van der Waals surface area contributed by atoms with Gasteiger partial charge in [-0.3, -0.25) is 9.80 Å². The molecule has 0 unspecified atom stereocenters. The third-order valence-corrected chi connectivity index (χ3v) is 5.29. The van der Waals surface area contributed by atoms with Crippen LogP contribution in [-0.4, -0.2) is 46.2 Å². The summed E-state index contributed by atoms with van der Waals surface area (Å²) in [4.78, 5) is 4.89. The highest BCUT2D eigenvalue weighted by molar-refractivity contribution is 6.31. The van der Waals surface area contributed by atoms with Crippen LogP contribution in [0, 0.1) is 0 Å². The fourth-order valence-electron chi connectivity index (χ4n) is 3.26. The van der Waals surface area contributed by atoms with Crippen LogP contribution >= 0.6 is 11.6 Å². The van der Waals surface area contributed by atoms with E-state index in [1.54, 1.807) is 0 Å². The van der Waals surface area contributed by atoms with Crippen LogP contribution < -0.4 is 0 Å². The van der Waals surface area contributed by atoms with E-state index >= 15 is 0 Å². The van der Waals surface area contributed by atoms with Crippen molar-refractivity contribution in [1.82, 2.24) is 20.0 Å². The fraction of sp³-hybridized carbons (Fsp3) is 0.556. The minimum Gasteiger partial charge on any atom is -0.424 e. The molecule has 2 atom stereocenters. The van der Waals surface area contributed by atoms with Gasteiger partial charge >= 0.3 is 0 Å². The molecule has 1 aliphatic rings. The summed E-state index contributed by atoms with van der Waals surface area (Å²) in [6, 6.07) is 8.60. The van der Waals surface area contributed by atoms with Crippen LogP contribution in [0.5, 0.6) is 0 Å². The molecule has 1 aromatic carbocycles. The molecule has 24 heavy (non-hydrogen) atoms. The first kappa shape index (κ1) is 17.4. The SMILES string of the molecule is CCc1nnc([C@H](C)N2CCN([C@@H](C)c3ccccc3Cl)CC2)o1. The summed E-state index contributed by atoms with van der Waals surface area (Å²) in [5.74, 6) is 1.43. The van der Waals surface area contributed by atoms with E-state index in [1.165, 1.54) is 5.56 Å². The Balaban J connectivity index is 1.60. The monoisotopic (exact) mass is 348 g/mol. The zero-order valence-electron chi connectivity index (χ0n) is 14.6. The zero-order chi connectivity index (χ0) is 17.1. The van der Waals surface area contributed by atoms with Crippen molar-refractivity contribution in [2.75, 3.05) is 26.2 Å². The molecule has 5 nitrogen and oxygen atoms in total. The number of halogens is 1. The van der Waals surface area contributed by atoms with Crippen LogP contribution in [0.4, 0.5) is 0 Å². The highest BCUT2D eigenvalue weighted by Crippen LogP contribution is 2.29. The van der Waals surface area contributed by atoms with Gasteiger partial charge in [-0.25, -0.2) is 0 Å². The number of hydrogen-bond acceptors (Lipinski definition) is 5. The van der Waals surface area contributed by atoms with E-state index in [1.807, 2.05) is 19.1 Å². The Morgan fingerprint density at radius 3 is 2.25 bits per heavy atom. The molecule has 2 aromatic rings. The Bertz CT molecular complexity index is 667. The highest BCUT2D eigenvalue weighted by Gasteiger charge is 2.28. The molecule has 0 bridgehead atoms. The first-order valence-corrected chi connectivity index (χ1v) is 9.02. The van der Waals surface area contributed by atoms with Gasteiger partial charge in [0.05, 0.1) is 6.04 Å². The summed E-state index contributed by atoms with van der Waals surface area (Å²) in [6.07, 6.45) is 0.781. The van der Waals surface area contributed by atoms with Crippen molar-refractivity contribution in [3.05, 3.63) is 46.6 Å². The van der Waals surface area contributed by atoms with Crippen LogP contribution in [-0.2, 0) is 6.42 Å². The van der Waals surface area contributed by atoms with Crippen molar-refractivity contribution in [3.8, 4) is 0 Å². The molecular formula is C18H25ClN4O. The van der Waals surface area contributed by atoms with Crippen LogP contribution in [0.3, 0.4) is 0 Å². The van der Waals surface area contributed by atoms with E-state index in [0.717, 1.165) is 43.5 Å². The Labute approximate surface area is 148 Å². The lowest BCUT2D eigenvalue weighted by Gasteiger charge is -2.40. The molecule has 0 N–H and O–H groups in total. The van der Waals surface area contributed by atoms with Crippen LogP contribution in [0.25, 0.3) is 0 Å². The van der Waals surface area contributed by atoms with Gasteiger partial charge < -0.3 is 4.42 Å². The Morgan fingerprint density at radius 1 is 1.04 bits per heavy atom.